The number of carbonyl (C=O) groups excluding carboxylic acids is 2. The van der Waals surface area contributed by atoms with Crippen molar-refractivity contribution in [2.24, 2.45) is 5.92 Å². The van der Waals surface area contributed by atoms with Crippen LogP contribution in [0.15, 0.2) is 18.2 Å². The molecule has 1 saturated carbocycles. The maximum absolute atomic E-state index is 12.8. The molecule has 1 aliphatic heterocycles. The number of ether oxygens (including phenoxy) is 1. The molecule has 0 bridgehead atoms. The molecule has 2 atom stereocenters. The third-order valence-corrected chi connectivity index (χ3v) is 4.32. The van der Waals surface area contributed by atoms with Crippen LogP contribution < -0.4 is 15.0 Å². The largest absolute Gasteiger partial charge is 0.497 e. The number of methoxy groups -OCH3 is 1. The number of carbonyl (C=O) groups is 2. The zero-order chi connectivity index (χ0) is 15.1. The molecule has 1 saturated heterocycles. The highest BCUT2D eigenvalue weighted by Crippen LogP contribution is 2.37. The molecule has 0 aromatic heterocycles. The Morgan fingerprint density at radius 3 is 2.57 bits per heavy atom. The molecule has 1 aromatic rings. The van der Waals surface area contributed by atoms with E-state index in [0.29, 0.717) is 5.92 Å². The van der Waals surface area contributed by atoms with Gasteiger partial charge < -0.3 is 10.1 Å². The highest BCUT2D eigenvalue weighted by atomic mass is 16.5. The number of hydrogen-bond acceptors (Lipinski definition) is 3. The van der Waals surface area contributed by atoms with Crippen molar-refractivity contribution in [1.82, 2.24) is 5.32 Å². The van der Waals surface area contributed by atoms with Crippen LogP contribution in [0.5, 0.6) is 5.75 Å². The van der Waals surface area contributed by atoms with E-state index in [0.717, 1.165) is 29.8 Å². The molecule has 1 N–H and O–H groups in total. The molecule has 1 aliphatic carbocycles. The van der Waals surface area contributed by atoms with Crippen LogP contribution in [0.4, 0.5) is 5.69 Å². The predicted octanol–water partition coefficient (Wildman–Crippen LogP) is 1.63. The van der Waals surface area contributed by atoms with Crippen LogP contribution in [0, 0.1) is 12.8 Å². The zero-order valence-corrected chi connectivity index (χ0v) is 12.6. The van der Waals surface area contributed by atoms with Crippen molar-refractivity contribution in [3.8, 4) is 5.75 Å². The summed E-state index contributed by atoms with van der Waals surface area (Å²) in [4.78, 5) is 26.6. The van der Waals surface area contributed by atoms with E-state index in [2.05, 4.69) is 5.32 Å². The number of piperazine rings is 1. The van der Waals surface area contributed by atoms with Crippen molar-refractivity contribution < 1.29 is 14.3 Å². The molecule has 2 unspecified atom stereocenters. The van der Waals surface area contributed by atoms with Crippen LogP contribution in [0.25, 0.3) is 0 Å². The number of aryl methyl sites for hydroxylation is 1. The summed E-state index contributed by atoms with van der Waals surface area (Å²) in [5, 5.41) is 2.86. The number of nitrogens with one attached hydrogen (secondary N) is 1. The first-order valence-corrected chi connectivity index (χ1v) is 7.31. The molecule has 1 aromatic carbocycles. The first-order valence-electron chi connectivity index (χ1n) is 7.31. The molecular weight excluding hydrogens is 268 g/mol. The lowest BCUT2D eigenvalue weighted by molar-refractivity contribution is -0.134. The average Bonchev–Trinajstić information content (AvgIpc) is 3.29. The zero-order valence-electron chi connectivity index (χ0n) is 12.6. The summed E-state index contributed by atoms with van der Waals surface area (Å²) in [5.74, 6) is 0.964. The molecule has 5 nitrogen and oxygen atoms in total. The molecule has 0 spiro atoms. The Morgan fingerprint density at radius 1 is 1.29 bits per heavy atom. The van der Waals surface area contributed by atoms with Crippen molar-refractivity contribution in [1.29, 1.82) is 0 Å². The van der Waals surface area contributed by atoms with Crippen molar-refractivity contribution in [3.63, 3.8) is 0 Å². The Bertz CT molecular complexity index is 595. The van der Waals surface area contributed by atoms with Gasteiger partial charge in [0.05, 0.1) is 7.11 Å². The van der Waals surface area contributed by atoms with Crippen LogP contribution in [0.1, 0.15) is 25.3 Å². The second kappa shape index (κ2) is 5.06. The predicted molar refractivity (Wildman–Crippen MR) is 79.3 cm³/mol. The van der Waals surface area contributed by atoms with Crippen molar-refractivity contribution in [3.05, 3.63) is 23.8 Å². The second-order valence-corrected chi connectivity index (χ2v) is 5.86. The summed E-state index contributed by atoms with van der Waals surface area (Å²) in [6, 6.07) is 4.70. The van der Waals surface area contributed by atoms with E-state index in [1.165, 1.54) is 0 Å². The SMILES string of the molecule is COc1ccc(N2C(=O)C(C3CC3)NC(=O)C2C)c(C)c1. The van der Waals surface area contributed by atoms with Crippen LogP contribution in [0.2, 0.25) is 0 Å². The second-order valence-electron chi connectivity index (χ2n) is 5.86. The number of benzene rings is 1. The fourth-order valence-corrected chi connectivity index (χ4v) is 2.90. The van der Waals surface area contributed by atoms with Gasteiger partial charge in [-0.25, -0.2) is 0 Å². The van der Waals surface area contributed by atoms with Gasteiger partial charge >= 0.3 is 0 Å². The van der Waals surface area contributed by atoms with E-state index in [1.807, 2.05) is 25.1 Å². The van der Waals surface area contributed by atoms with Gasteiger partial charge in [-0.15, -0.1) is 0 Å². The third-order valence-electron chi connectivity index (χ3n) is 4.32. The van der Waals surface area contributed by atoms with E-state index in [1.54, 1.807) is 18.9 Å². The molecule has 1 heterocycles. The summed E-state index contributed by atoms with van der Waals surface area (Å²) in [6.45, 7) is 3.69. The maximum atomic E-state index is 12.8. The first-order chi connectivity index (χ1) is 10.0. The normalized spacial score (nSPS) is 25.8. The fraction of sp³-hybridized carbons (Fsp3) is 0.500. The van der Waals surface area contributed by atoms with Gasteiger partial charge in [-0.3, -0.25) is 14.5 Å². The summed E-state index contributed by atoms with van der Waals surface area (Å²) >= 11 is 0. The highest BCUT2D eigenvalue weighted by Gasteiger charge is 2.46. The molecule has 21 heavy (non-hydrogen) atoms. The van der Waals surface area contributed by atoms with Gasteiger partial charge in [0.15, 0.2) is 0 Å². The Labute approximate surface area is 124 Å². The number of rotatable bonds is 3. The Kier molecular flexibility index (Phi) is 3.35. The number of hydrogen-bond donors (Lipinski definition) is 1. The molecule has 2 amide bonds. The Hall–Kier alpha value is -2.04. The minimum absolute atomic E-state index is 0.00198. The van der Waals surface area contributed by atoms with Gasteiger partial charge in [-0.2, -0.15) is 0 Å². The number of nitrogens with zero attached hydrogens (tertiary/aromatic N) is 1. The summed E-state index contributed by atoms with van der Waals surface area (Å²) < 4.78 is 5.20. The smallest absolute Gasteiger partial charge is 0.250 e. The lowest BCUT2D eigenvalue weighted by atomic mass is 10.0. The highest BCUT2D eigenvalue weighted by molar-refractivity contribution is 6.08. The Balaban J connectivity index is 1.97. The monoisotopic (exact) mass is 288 g/mol. The van der Waals surface area contributed by atoms with Crippen molar-refractivity contribution >= 4 is 17.5 Å². The molecule has 3 rings (SSSR count). The average molecular weight is 288 g/mol. The molecule has 2 fully saturated rings. The van der Waals surface area contributed by atoms with Gasteiger partial charge in [0.1, 0.15) is 17.8 Å². The lowest BCUT2D eigenvalue weighted by Gasteiger charge is -2.38. The molecule has 2 aliphatic rings. The Morgan fingerprint density at radius 2 is 2.00 bits per heavy atom. The summed E-state index contributed by atoms with van der Waals surface area (Å²) in [6.07, 6.45) is 2.03. The fourth-order valence-electron chi connectivity index (χ4n) is 2.90. The minimum Gasteiger partial charge on any atom is -0.497 e. The third kappa shape index (κ3) is 2.37. The minimum atomic E-state index is -0.486. The van der Waals surface area contributed by atoms with Crippen LogP contribution >= 0.6 is 0 Å². The molecule has 112 valence electrons. The van der Waals surface area contributed by atoms with Crippen molar-refractivity contribution in [2.45, 2.75) is 38.8 Å². The topological polar surface area (TPSA) is 58.6 Å². The molecular formula is C16H20N2O3. The van der Waals surface area contributed by atoms with Gasteiger partial charge in [0, 0.05) is 5.69 Å². The summed E-state index contributed by atoms with van der Waals surface area (Å²) in [5.41, 5.74) is 1.72. The van der Waals surface area contributed by atoms with Crippen LogP contribution in [-0.4, -0.2) is 31.0 Å². The number of amides is 2. The lowest BCUT2D eigenvalue weighted by Crippen LogP contribution is -2.63. The van der Waals surface area contributed by atoms with E-state index >= 15 is 0 Å². The van der Waals surface area contributed by atoms with E-state index in [4.69, 9.17) is 4.74 Å². The first kappa shape index (κ1) is 13.9. The molecule has 5 heteroatoms. The van der Waals surface area contributed by atoms with E-state index in [-0.39, 0.29) is 17.9 Å². The van der Waals surface area contributed by atoms with Crippen LogP contribution in [-0.2, 0) is 9.59 Å². The maximum Gasteiger partial charge on any atom is 0.250 e. The number of anilines is 1. The van der Waals surface area contributed by atoms with Gasteiger partial charge in [-0.05, 0) is 56.4 Å². The standard InChI is InChI=1S/C16H20N2O3/c1-9-8-12(21-3)6-7-13(9)18-10(2)15(19)17-14(16(18)20)11-4-5-11/h6-8,10-11,14H,4-5H2,1-3H3,(H,17,19). The van der Waals surface area contributed by atoms with Crippen LogP contribution in [0.3, 0.4) is 0 Å². The van der Waals surface area contributed by atoms with E-state index in [9.17, 15) is 9.59 Å². The quantitative estimate of drug-likeness (QED) is 0.919. The van der Waals surface area contributed by atoms with Gasteiger partial charge in [0.2, 0.25) is 5.91 Å². The van der Waals surface area contributed by atoms with Crippen molar-refractivity contribution in [2.75, 3.05) is 12.0 Å². The molecule has 0 radical (unpaired) electrons. The van der Waals surface area contributed by atoms with E-state index < -0.39 is 6.04 Å². The van der Waals surface area contributed by atoms with Gasteiger partial charge in [0.25, 0.3) is 5.91 Å². The summed E-state index contributed by atoms with van der Waals surface area (Å²) in [7, 11) is 1.61. The van der Waals surface area contributed by atoms with Gasteiger partial charge in [-0.1, -0.05) is 0 Å².